The summed E-state index contributed by atoms with van der Waals surface area (Å²) in [7, 11) is 0. The van der Waals surface area contributed by atoms with Crippen LogP contribution in [0, 0.1) is 0 Å². The second-order valence-electron chi connectivity index (χ2n) is 2.78. The molecule has 0 aromatic heterocycles. The van der Waals surface area contributed by atoms with Crippen LogP contribution in [0.4, 0.5) is 0 Å². The molecular weight excluding hydrogens is 130 g/mol. The van der Waals surface area contributed by atoms with E-state index in [2.05, 4.69) is 0 Å². The number of piperidine rings is 1. The molecular formula is C7H13NO2. The summed E-state index contributed by atoms with van der Waals surface area (Å²) in [6.07, 6.45) is 1.69. The number of hydrogen-bond donors (Lipinski definition) is 1. The van der Waals surface area contributed by atoms with E-state index in [-0.39, 0.29) is 5.79 Å². The Labute approximate surface area is 62.2 Å². The molecule has 0 aromatic carbocycles. The molecule has 0 atom stereocenters. The Morgan fingerprint density at radius 2 is 1.80 bits per heavy atom. The SMILES string of the molecule is [2H]N1CCC2(CC1)OCCO2. The zero-order chi connectivity index (χ0) is 7.73. The van der Waals surface area contributed by atoms with Crippen molar-refractivity contribution in [3.05, 3.63) is 0 Å². The van der Waals surface area contributed by atoms with Crippen LogP contribution in [0.25, 0.3) is 0 Å². The van der Waals surface area contributed by atoms with E-state index in [9.17, 15) is 0 Å². The highest BCUT2D eigenvalue weighted by Crippen LogP contribution is 2.28. The van der Waals surface area contributed by atoms with Gasteiger partial charge in [0.05, 0.1) is 13.2 Å². The Bertz CT molecular complexity index is 137. The van der Waals surface area contributed by atoms with Crippen molar-refractivity contribution in [3.63, 3.8) is 0 Å². The monoisotopic (exact) mass is 144 g/mol. The first kappa shape index (κ1) is 5.52. The topological polar surface area (TPSA) is 30.5 Å². The predicted molar refractivity (Wildman–Crippen MR) is 36.7 cm³/mol. The van der Waals surface area contributed by atoms with Crippen LogP contribution in [0.5, 0.6) is 0 Å². The molecule has 3 nitrogen and oxygen atoms in total. The molecule has 0 aromatic rings. The van der Waals surface area contributed by atoms with Gasteiger partial charge in [0.2, 0.25) is 0 Å². The van der Waals surface area contributed by atoms with Gasteiger partial charge in [-0.15, -0.1) is 0 Å². The normalized spacial score (nSPS) is 34.6. The molecule has 2 aliphatic heterocycles. The minimum absolute atomic E-state index is 0.308. The van der Waals surface area contributed by atoms with E-state index in [1.54, 1.807) is 5.31 Å². The van der Waals surface area contributed by atoms with Crippen LogP contribution >= 0.6 is 0 Å². The summed E-state index contributed by atoms with van der Waals surface area (Å²) in [4.78, 5) is 0. The van der Waals surface area contributed by atoms with Gasteiger partial charge in [-0.05, 0) is 0 Å². The van der Waals surface area contributed by atoms with Crippen molar-refractivity contribution < 1.29 is 10.9 Å². The summed E-state index contributed by atoms with van der Waals surface area (Å²) in [5.74, 6) is -0.308. The summed E-state index contributed by atoms with van der Waals surface area (Å²) in [5, 5.41) is 1.57. The standard InChI is InChI=1S/C7H13NO2/c1-3-8-4-2-7(1)9-5-6-10-7/h8H,1-6H2/i/hD. The maximum Gasteiger partial charge on any atom is 0.170 e. The van der Waals surface area contributed by atoms with Gasteiger partial charge in [-0.2, -0.15) is 0 Å². The first-order valence-electron chi connectivity index (χ1n) is 4.27. The minimum atomic E-state index is -0.308. The lowest BCUT2D eigenvalue weighted by Gasteiger charge is -2.31. The highest BCUT2D eigenvalue weighted by atomic mass is 16.7. The van der Waals surface area contributed by atoms with Gasteiger partial charge in [0, 0.05) is 25.9 Å². The second kappa shape index (κ2) is 2.49. The molecule has 2 rings (SSSR count). The van der Waals surface area contributed by atoms with Gasteiger partial charge in [0.25, 0.3) is 0 Å². The highest BCUT2D eigenvalue weighted by molar-refractivity contribution is 4.80. The Morgan fingerprint density at radius 3 is 2.40 bits per heavy atom. The lowest BCUT2D eigenvalue weighted by Crippen LogP contribution is -2.42. The molecule has 0 radical (unpaired) electrons. The Morgan fingerprint density at radius 1 is 1.20 bits per heavy atom. The third-order valence-corrected chi connectivity index (χ3v) is 2.12. The van der Waals surface area contributed by atoms with Crippen molar-refractivity contribution in [1.82, 2.24) is 5.31 Å². The van der Waals surface area contributed by atoms with Crippen molar-refractivity contribution in [3.8, 4) is 0 Å². The first-order chi connectivity index (χ1) is 5.31. The Balaban J connectivity index is 1.94. The van der Waals surface area contributed by atoms with Crippen molar-refractivity contribution >= 4 is 0 Å². The number of hydrogen-bond acceptors (Lipinski definition) is 3. The maximum absolute atomic E-state index is 7.34. The largest absolute Gasteiger partial charge is 0.347 e. The average molecular weight is 144 g/mol. The zero-order valence-corrected chi connectivity index (χ0v) is 6.01. The van der Waals surface area contributed by atoms with Gasteiger partial charge >= 0.3 is 0 Å². The molecule has 10 heavy (non-hydrogen) atoms. The predicted octanol–water partition coefficient (Wildman–Crippen LogP) is 0.113. The molecule has 2 saturated heterocycles. The zero-order valence-electron chi connectivity index (χ0n) is 7.01. The summed E-state index contributed by atoms with van der Waals surface area (Å²) in [6.45, 7) is 2.97. The summed E-state index contributed by atoms with van der Waals surface area (Å²) in [5.41, 5.74) is 0. The van der Waals surface area contributed by atoms with Crippen LogP contribution in [0.1, 0.15) is 12.8 Å². The fourth-order valence-corrected chi connectivity index (χ4v) is 1.52. The average Bonchev–Trinajstić information content (AvgIpc) is 2.45. The van der Waals surface area contributed by atoms with E-state index >= 15 is 0 Å². The first-order valence-corrected chi connectivity index (χ1v) is 3.83. The van der Waals surface area contributed by atoms with Gasteiger partial charge in [-0.25, -0.2) is 0 Å². The van der Waals surface area contributed by atoms with E-state index in [1.165, 1.54) is 0 Å². The van der Waals surface area contributed by atoms with Crippen molar-refractivity contribution in [2.45, 2.75) is 18.6 Å². The number of rotatable bonds is 0. The molecule has 3 heteroatoms. The van der Waals surface area contributed by atoms with Crippen LogP contribution in [0.2, 0.25) is 1.41 Å². The molecule has 0 amide bonds. The number of ether oxygens (including phenoxy) is 2. The molecule has 0 bridgehead atoms. The molecule has 1 N–H and O–H groups in total. The van der Waals surface area contributed by atoms with Gasteiger partial charge in [-0.1, -0.05) is 0 Å². The lowest BCUT2D eigenvalue weighted by atomic mass is 10.1. The van der Waals surface area contributed by atoms with E-state index < -0.39 is 0 Å². The van der Waals surface area contributed by atoms with Crippen LogP contribution in [0.3, 0.4) is 0 Å². The van der Waals surface area contributed by atoms with E-state index in [1.807, 2.05) is 0 Å². The summed E-state index contributed by atoms with van der Waals surface area (Å²) >= 11 is 0. The van der Waals surface area contributed by atoms with E-state index in [0.29, 0.717) is 0 Å². The third-order valence-electron chi connectivity index (χ3n) is 2.12. The Kier molecular flexibility index (Phi) is 1.37. The van der Waals surface area contributed by atoms with Gasteiger partial charge < -0.3 is 14.8 Å². The molecule has 58 valence electrons. The molecule has 0 unspecified atom stereocenters. The molecule has 0 saturated carbocycles. The fraction of sp³-hybridized carbons (Fsp3) is 1.00. The summed E-state index contributed by atoms with van der Waals surface area (Å²) in [6, 6.07) is 0. The van der Waals surface area contributed by atoms with Crippen molar-refractivity contribution in [2.75, 3.05) is 26.3 Å². The van der Waals surface area contributed by atoms with E-state index in [4.69, 9.17) is 10.9 Å². The van der Waals surface area contributed by atoms with Crippen molar-refractivity contribution in [1.29, 1.82) is 0 Å². The minimum Gasteiger partial charge on any atom is -0.347 e. The molecule has 2 aliphatic rings. The van der Waals surface area contributed by atoms with E-state index in [0.717, 1.165) is 39.1 Å². The lowest BCUT2D eigenvalue weighted by molar-refractivity contribution is -0.172. The van der Waals surface area contributed by atoms with Crippen LogP contribution in [0.15, 0.2) is 0 Å². The van der Waals surface area contributed by atoms with Gasteiger partial charge in [0.1, 0.15) is 1.41 Å². The summed E-state index contributed by atoms with van der Waals surface area (Å²) < 4.78 is 18.3. The molecule has 1 spiro atoms. The molecule has 2 heterocycles. The molecule has 2 fully saturated rings. The third kappa shape index (κ3) is 1.05. The fourth-order valence-electron chi connectivity index (χ4n) is 1.52. The highest BCUT2D eigenvalue weighted by Gasteiger charge is 2.37. The quantitative estimate of drug-likeness (QED) is 0.523. The van der Waals surface area contributed by atoms with Crippen LogP contribution in [-0.4, -0.2) is 32.1 Å². The molecule has 0 aliphatic carbocycles. The number of nitrogens with one attached hydrogen (secondary N) is 1. The van der Waals surface area contributed by atoms with Gasteiger partial charge in [0.15, 0.2) is 5.79 Å². The maximum atomic E-state index is 7.34. The Hall–Kier alpha value is -0.120. The van der Waals surface area contributed by atoms with Crippen LogP contribution < -0.4 is 5.31 Å². The smallest absolute Gasteiger partial charge is 0.170 e. The van der Waals surface area contributed by atoms with Crippen molar-refractivity contribution in [2.24, 2.45) is 0 Å². The van der Waals surface area contributed by atoms with Gasteiger partial charge in [-0.3, -0.25) is 0 Å². The second-order valence-corrected chi connectivity index (χ2v) is 2.78. The van der Waals surface area contributed by atoms with Crippen LogP contribution in [-0.2, 0) is 9.47 Å².